The number of nitrogen functional groups attached to an aromatic ring is 1. The van der Waals surface area contributed by atoms with Crippen LogP contribution in [0.5, 0.6) is 5.75 Å². The van der Waals surface area contributed by atoms with Crippen molar-refractivity contribution in [2.75, 3.05) is 12.3 Å². The Hall–Kier alpha value is -1.55. The molecule has 1 aliphatic rings. The number of nitrogens with zero attached hydrogens (tertiary/aromatic N) is 1. The summed E-state index contributed by atoms with van der Waals surface area (Å²) in [4.78, 5) is 4.48. The average Bonchev–Trinajstić information content (AvgIpc) is 2.68. The van der Waals surface area contributed by atoms with E-state index in [4.69, 9.17) is 10.5 Å². The zero-order valence-corrected chi connectivity index (χ0v) is 10.5. The first-order valence-corrected chi connectivity index (χ1v) is 6.55. The lowest BCUT2D eigenvalue weighted by molar-refractivity contribution is 0.288. The maximum Gasteiger partial charge on any atom is 0.122 e. The Kier molecular flexibility index (Phi) is 2.52. The first-order valence-electron chi connectivity index (χ1n) is 5.73. The summed E-state index contributed by atoms with van der Waals surface area (Å²) in [6.07, 6.45) is 2.16. The largest absolute Gasteiger partial charge is 0.493 e. The number of aromatic nitrogens is 1. The van der Waals surface area contributed by atoms with Crippen LogP contribution in [-0.4, -0.2) is 11.6 Å². The van der Waals surface area contributed by atoms with Crippen molar-refractivity contribution < 1.29 is 4.74 Å². The molecule has 1 aromatic heterocycles. The van der Waals surface area contributed by atoms with Gasteiger partial charge < -0.3 is 10.5 Å². The highest BCUT2D eigenvalue weighted by Gasteiger charge is 2.14. The summed E-state index contributed by atoms with van der Waals surface area (Å²) in [7, 11) is 0. The standard InChI is InChI=1S/C13H14N2OS/c1-8-15-12(13(14)17-8)10-4-5-11-9(7-10)3-2-6-16-11/h4-5,7H,2-3,6,14H2,1H3. The highest BCUT2D eigenvalue weighted by molar-refractivity contribution is 7.16. The Morgan fingerprint density at radius 2 is 2.29 bits per heavy atom. The van der Waals surface area contributed by atoms with Gasteiger partial charge in [-0.3, -0.25) is 0 Å². The molecule has 0 saturated carbocycles. The predicted molar refractivity (Wildman–Crippen MR) is 70.5 cm³/mol. The van der Waals surface area contributed by atoms with Crippen LogP contribution in [0.4, 0.5) is 5.00 Å². The molecule has 4 heteroatoms. The molecule has 0 unspecified atom stereocenters. The second-order valence-corrected chi connectivity index (χ2v) is 5.46. The van der Waals surface area contributed by atoms with Gasteiger partial charge in [-0.05, 0) is 43.5 Å². The number of rotatable bonds is 1. The van der Waals surface area contributed by atoms with E-state index in [0.29, 0.717) is 0 Å². The molecule has 0 saturated heterocycles. The van der Waals surface area contributed by atoms with Gasteiger partial charge in [0.1, 0.15) is 16.4 Å². The third-order valence-electron chi connectivity index (χ3n) is 2.94. The quantitative estimate of drug-likeness (QED) is 0.841. The fourth-order valence-electron chi connectivity index (χ4n) is 2.16. The van der Waals surface area contributed by atoms with Crippen molar-refractivity contribution in [3.8, 4) is 17.0 Å². The van der Waals surface area contributed by atoms with Gasteiger partial charge in [0.15, 0.2) is 0 Å². The molecule has 3 rings (SSSR count). The third kappa shape index (κ3) is 1.89. The first kappa shape index (κ1) is 10.6. The molecule has 1 aliphatic heterocycles. The molecule has 1 aromatic carbocycles. The Balaban J connectivity index is 2.06. The van der Waals surface area contributed by atoms with Gasteiger partial charge in [-0.25, -0.2) is 4.98 Å². The predicted octanol–water partition coefficient (Wildman–Crippen LogP) is 3.03. The summed E-state index contributed by atoms with van der Waals surface area (Å²) in [5.41, 5.74) is 9.23. The summed E-state index contributed by atoms with van der Waals surface area (Å²) in [6.45, 7) is 2.80. The molecule has 0 spiro atoms. The van der Waals surface area contributed by atoms with Crippen molar-refractivity contribution in [3.63, 3.8) is 0 Å². The van der Waals surface area contributed by atoms with Crippen molar-refractivity contribution in [3.05, 3.63) is 28.8 Å². The van der Waals surface area contributed by atoms with Crippen molar-refractivity contribution in [1.29, 1.82) is 0 Å². The van der Waals surface area contributed by atoms with Gasteiger partial charge in [-0.2, -0.15) is 0 Å². The Bertz CT molecular complexity index is 563. The van der Waals surface area contributed by atoms with E-state index in [-0.39, 0.29) is 0 Å². The number of nitrogens with two attached hydrogens (primary N) is 1. The molecule has 88 valence electrons. The van der Waals surface area contributed by atoms with Crippen LogP contribution in [0.25, 0.3) is 11.3 Å². The second-order valence-electron chi connectivity index (χ2n) is 4.22. The molecule has 0 bridgehead atoms. The highest BCUT2D eigenvalue weighted by Crippen LogP contribution is 2.34. The molecular formula is C13H14N2OS. The number of hydrogen-bond donors (Lipinski definition) is 1. The maximum absolute atomic E-state index is 5.97. The molecule has 3 nitrogen and oxygen atoms in total. The summed E-state index contributed by atoms with van der Waals surface area (Å²) in [5.74, 6) is 1.01. The molecular weight excluding hydrogens is 232 g/mol. The van der Waals surface area contributed by atoms with E-state index < -0.39 is 0 Å². The van der Waals surface area contributed by atoms with E-state index >= 15 is 0 Å². The second kappa shape index (κ2) is 4.04. The molecule has 17 heavy (non-hydrogen) atoms. The molecule has 0 amide bonds. The topological polar surface area (TPSA) is 48.1 Å². The molecule has 2 heterocycles. The van der Waals surface area contributed by atoms with Gasteiger partial charge >= 0.3 is 0 Å². The van der Waals surface area contributed by atoms with Gasteiger partial charge in [0.2, 0.25) is 0 Å². The number of ether oxygens (including phenoxy) is 1. The smallest absolute Gasteiger partial charge is 0.122 e. The van der Waals surface area contributed by atoms with E-state index in [2.05, 4.69) is 11.1 Å². The van der Waals surface area contributed by atoms with E-state index in [1.807, 2.05) is 19.1 Å². The number of hydrogen-bond acceptors (Lipinski definition) is 4. The number of aryl methyl sites for hydroxylation is 2. The molecule has 2 aromatic rings. The number of thiazole rings is 1. The minimum Gasteiger partial charge on any atom is -0.493 e. The number of anilines is 1. The van der Waals surface area contributed by atoms with Crippen LogP contribution < -0.4 is 10.5 Å². The first-order chi connectivity index (χ1) is 8.24. The average molecular weight is 246 g/mol. The van der Waals surface area contributed by atoms with Crippen molar-refractivity contribution >= 4 is 16.3 Å². The molecule has 0 atom stereocenters. The number of fused-ring (bicyclic) bond motifs is 1. The summed E-state index contributed by atoms with van der Waals surface area (Å²) in [5, 5.41) is 1.80. The number of benzene rings is 1. The van der Waals surface area contributed by atoms with Crippen molar-refractivity contribution in [1.82, 2.24) is 4.98 Å². The van der Waals surface area contributed by atoms with Crippen LogP contribution in [0.3, 0.4) is 0 Å². The van der Waals surface area contributed by atoms with Crippen LogP contribution in [-0.2, 0) is 6.42 Å². The lowest BCUT2D eigenvalue weighted by Crippen LogP contribution is -2.08. The lowest BCUT2D eigenvalue weighted by Gasteiger charge is -2.17. The van der Waals surface area contributed by atoms with Gasteiger partial charge in [-0.15, -0.1) is 11.3 Å². The Morgan fingerprint density at radius 3 is 3.06 bits per heavy atom. The van der Waals surface area contributed by atoms with Crippen LogP contribution in [0.15, 0.2) is 18.2 Å². The lowest BCUT2D eigenvalue weighted by atomic mass is 10.0. The fourth-order valence-corrected chi connectivity index (χ4v) is 2.87. The van der Waals surface area contributed by atoms with Gasteiger partial charge in [0.05, 0.1) is 11.6 Å². The summed E-state index contributed by atoms with van der Waals surface area (Å²) >= 11 is 1.54. The third-order valence-corrected chi connectivity index (χ3v) is 3.74. The minimum atomic E-state index is 0.791. The monoisotopic (exact) mass is 246 g/mol. The van der Waals surface area contributed by atoms with Gasteiger partial charge in [0.25, 0.3) is 0 Å². The zero-order chi connectivity index (χ0) is 11.8. The van der Waals surface area contributed by atoms with Crippen LogP contribution >= 0.6 is 11.3 Å². The zero-order valence-electron chi connectivity index (χ0n) is 9.69. The van der Waals surface area contributed by atoms with E-state index in [9.17, 15) is 0 Å². The summed E-state index contributed by atoms with van der Waals surface area (Å²) in [6, 6.07) is 6.21. The van der Waals surface area contributed by atoms with Gasteiger partial charge in [0, 0.05) is 5.56 Å². The molecule has 0 radical (unpaired) electrons. The maximum atomic E-state index is 5.97. The van der Waals surface area contributed by atoms with Crippen molar-refractivity contribution in [2.24, 2.45) is 0 Å². The van der Waals surface area contributed by atoms with E-state index in [1.165, 1.54) is 16.9 Å². The Labute approximate surface area is 104 Å². The van der Waals surface area contributed by atoms with Gasteiger partial charge in [-0.1, -0.05) is 0 Å². The fraction of sp³-hybridized carbons (Fsp3) is 0.308. The van der Waals surface area contributed by atoms with Crippen LogP contribution in [0, 0.1) is 6.92 Å². The van der Waals surface area contributed by atoms with Crippen molar-refractivity contribution in [2.45, 2.75) is 19.8 Å². The van der Waals surface area contributed by atoms with Crippen LogP contribution in [0.1, 0.15) is 17.0 Å². The van der Waals surface area contributed by atoms with Crippen LogP contribution in [0.2, 0.25) is 0 Å². The summed E-state index contributed by atoms with van der Waals surface area (Å²) < 4.78 is 5.60. The SMILES string of the molecule is Cc1nc(-c2ccc3c(c2)CCCO3)c(N)s1. The molecule has 0 fully saturated rings. The van der Waals surface area contributed by atoms with E-state index in [1.54, 1.807) is 0 Å². The Morgan fingerprint density at radius 1 is 1.41 bits per heavy atom. The normalized spacial score (nSPS) is 14.2. The highest BCUT2D eigenvalue weighted by atomic mass is 32.1. The molecule has 2 N–H and O–H groups in total. The molecule has 0 aliphatic carbocycles. The minimum absolute atomic E-state index is 0.791. The van der Waals surface area contributed by atoms with E-state index in [0.717, 1.165) is 46.5 Å².